The molecule has 0 radical (unpaired) electrons. The smallest absolute Gasteiger partial charge is 0.262 e. The van der Waals surface area contributed by atoms with Gasteiger partial charge in [0, 0.05) is 11.9 Å². The van der Waals surface area contributed by atoms with E-state index < -0.39 is 9.84 Å². The Kier molecular flexibility index (Phi) is 5.85. The molecule has 0 bridgehead atoms. The standard InChI is InChI=1S/C19H23NO4S/c1-13(2)15-6-8-16(9-7-15)24-12-19(21)20-18-11-17(25(4,22)23)10-5-14(18)3/h5-11,13H,12H2,1-4H3,(H,20,21). The molecule has 134 valence electrons. The molecule has 25 heavy (non-hydrogen) atoms. The Morgan fingerprint density at radius 1 is 1.12 bits per heavy atom. The minimum Gasteiger partial charge on any atom is -0.484 e. The molecule has 2 rings (SSSR count). The Morgan fingerprint density at radius 3 is 2.32 bits per heavy atom. The van der Waals surface area contributed by atoms with E-state index in [1.165, 1.54) is 17.7 Å². The van der Waals surface area contributed by atoms with Gasteiger partial charge in [-0.2, -0.15) is 0 Å². The lowest BCUT2D eigenvalue weighted by Crippen LogP contribution is -2.20. The van der Waals surface area contributed by atoms with Gasteiger partial charge in [0.15, 0.2) is 16.4 Å². The number of carbonyl (C=O) groups excluding carboxylic acids is 1. The zero-order chi connectivity index (χ0) is 18.6. The maximum absolute atomic E-state index is 12.1. The Labute approximate surface area is 148 Å². The van der Waals surface area contributed by atoms with Gasteiger partial charge in [-0.05, 0) is 48.2 Å². The number of sulfone groups is 1. The van der Waals surface area contributed by atoms with Crippen molar-refractivity contribution in [2.75, 3.05) is 18.2 Å². The van der Waals surface area contributed by atoms with Gasteiger partial charge in [-0.25, -0.2) is 8.42 Å². The van der Waals surface area contributed by atoms with Crippen molar-refractivity contribution in [1.82, 2.24) is 0 Å². The van der Waals surface area contributed by atoms with Crippen LogP contribution in [0.2, 0.25) is 0 Å². The number of rotatable bonds is 6. The molecule has 2 aromatic carbocycles. The van der Waals surface area contributed by atoms with Crippen molar-refractivity contribution in [2.45, 2.75) is 31.6 Å². The number of benzene rings is 2. The number of aryl methyl sites for hydroxylation is 1. The van der Waals surface area contributed by atoms with Crippen LogP contribution in [0, 0.1) is 6.92 Å². The van der Waals surface area contributed by atoms with Gasteiger partial charge < -0.3 is 10.1 Å². The average molecular weight is 361 g/mol. The molecular formula is C19H23NO4S. The second kappa shape index (κ2) is 7.70. The molecule has 0 fully saturated rings. The predicted octanol–water partition coefficient (Wildman–Crippen LogP) is 3.54. The summed E-state index contributed by atoms with van der Waals surface area (Å²) < 4.78 is 28.7. The molecule has 0 aromatic heterocycles. The number of carbonyl (C=O) groups is 1. The van der Waals surface area contributed by atoms with Gasteiger partial charge in [0.1, 0.15) is 5.75 Å². The average Bonchev–Trinajstić information content (AvgIpc) is 2.54. The highest BCUT2D eigenvalue weighted by molar-refractivity contribution is 7.90. The first-order valence-electron chi connectivity index (χ1n) is 8.00. The molecule has 0 unspecified atom stereocenters. The maximum atomic E-state index is 12.1. The molecular weight excluding hydrogens is 338 g/mol. The summed E-state index contributed by atoms with van der Waals surface area (Å²) in [7, 11) is -3.33. The highest BCUT2D eigenvalue weighted by atomic mass is 32.2. The summed E-state index contributed by atoms with van der Waals surface area (Å²) in [6, 6.07) is 12.2. The van der Waals surface area contributed by atoms with Gasteiger partial charge >= 0.3 is 0 Å². The molecule has 1 N–H and O–H groups in total. The Hall–Kier alpha value is -2.34. The van der Waals surface area contributed by atoms with Crippen LogP contribution in [-0.2, 0) is 14.6 Å². The number of hydrogen-bond donors (Lipinski definition) is 1. The summed E-state index contributed by atoms with van der Waals surface area (Å²) in [5.41, 5.74) is 2.44. The summed E-state index contributed by atoms with van der Waals surface area (Å²) in [6.07, 6.45) is 1.13. The molecule has 0 heterocycles. The third kappa shape index (κ3) is 5.32. The molecule has 6 heteroatoms. The molecule has 0 aliphatic rings. The van der Waals surface area contributed by atoms with Crippen LogP contribution in [-0.4, -0.2) is 27.2 Å². The number of nitrogens with one attached hydrogen (secondary N) is 1. The lowest BCUT2D eigenvalue weighted by Gasteiger charge is -2.11. The van der Waals surface area contributed by atoms with Gasteiger partial charge in [-0.1, -0.05) is 32.0 Å². The lowest BCUT2D eigenvalue weighted by molar-refractivity contribution is -0.118. The lowest BCUT2D eigenvalue weighted by atomic mass is 10.0. The fourth-order valence-electron chi connectivity index (χ4n) is 2.25. The molecule has 1 amide bonds. The molecule has 0 atom stereocenters. The van der Waals surface area contributed by atoms with Crippen molar-refractivity contribution in [1.29, 1.82) is 0 Å². The van der Waals surface area contributed by atoms with Crippen LogP contribution in [0.1, 0.15) is 30.9 Å². The number of ether oxygens (including phenoxy) is 1. The number of hydrogen-bond acceptors (Lipinski definition) is 4. The van der Waals surface area contributed by atoms with Gasteiger partial charge in [-0.3, -0.25) is 4.79 Å². The molecule has 0 aliphatic carbocycles. The first kappa shape index (κ1) is 19.0. The van der Waals surface area contributed by atoms with Crippen molar-refractivity contribution >= 4 is 21.4 Å². The Morgan fingerprint density at radius 2 is 1.76 bits per heavy atom. The van der Waals surface area contributed by atoms with Crippen LogP contribution in [0.4, 0.5) is 5.69 Å². The van der Waals surface area contributed by atoms with Crippen molar-refractivity contribution in [3.05, 3.63) is 53.6 Å². The Bertz CT molecular complexity index is 855. The van der Waals surface area contributed by atoms with E-state index in [1.54, 1.807) is 13.0 Å². The Balaban J connectivity index is 2.00. The largest absolute Gasteiger partial charge is 0.484 e. The third-order valence-electron chi connectivity index (χ3n) is 3.83. The number of amides is 1. The molecule has 2 aromatic rings. The maximum Gasteiger partial charge on any atom is 0.262 e. The first-order chi connectivity index (χ1) is 11.7. The SMILES string of the molecule is Cc1ccc(S(C)(=O)=O)cc1NC(=O)COc1ccc(C(C)C)cc1. The van der Waals surface area contributed by atoms with Crippen LogP contribution in [0.25, 0.3) is 0 Å². The normalized spacial score (nSPS) is 11.4. The van der Waals surface area contributed by atoms with Crippen LogP contribution in [0.3, 0.4) is 0 Å². The molecule has 0 aliphatic heterocycles. The molecule has 0 spiro atoms. The monoisotopic (exact) mass is 361 g/mol. The van der Waals surface area contributed by atoms with Gasteiger partial charge in [-0.15, -0.1) is 0 Å². The topological polar surface area (TPSA) is 72.5 Å². The van der Waals surface area contributed by atoms with Gasteiger partial charge in [0.25, 0.3) is 5.91 Å². The van der Waals surface area contributed by atoms with Gasteiger partial charge in [0.2, 0.25) is 0 Å². The summed E-state index contributed by atoms with van der Waals surface area (Å²) in [5.74, 6) is 0.699. The van der Waals surface area contributed by atoms with E-state index in [1.807, 2.05) is 24.3 Å². The van der Waals surface area contributed by atoms with Crippen LogP contribution >= 0.6 is 0 Å². The molecule has 5 nitrogen and oxygen atoms in total. The summed E-state index contributed by atoms with van der Waals surface area (Å²) >= 11 is 0. The highest BCUT2D eigenvalue weighted by Crippen LogP contribution is 2.21. The third-order valence-corrected chi connectivity index (χ3v) is 4.94. The molecule has 0 saturated heterocycles. The zero-order valence-electron chi connectivity index (χ0n) is 14.9. The zero-order valence-corrected chi connectivity index (χ0v) is 15.7. The van der Waals surface area contributed by atoms with Crippen molar-refractivity contribution < 1.29 is 17.9 Å². The molecule has 0 saturated carbocycles. The van der Waals surface area contributed by atoms with E-state index in [-0.39, 0.29) is 17.4 Å². The first-order valence-corrected chi connectivity index (χ1v) is 9.89. The van der Waals surface area contributed by atoms with Crippen LogP contribution < -0.4 is 10.1 Å². The quantitative estimate of drug-likeness (QED) is 0.854. The highest BCUT2D eigenvalue weighted by Gasteiger charge is 2.12. The number of anilines is 1. The minimum absolute atomic E-state index is 0.149. The fourth-order valence-corrected chi connectivity index (χ4v) is 2.90. The second-order valence-corrected chi connectivity index (χ2v) is 8.33. The van der Waals surface area contributed by atoms with Crippen LogP contribution in [0.15, 0.2) is 47.4 Å². The summed E-state index contributed by atoms with van der Waals surface area (Å²) in [5, 5.41) is 2.69. The van der Waals surface area contributed by atoms with E-state index in [0.29, 0.717) is 17.4 Å². The fraction of sp³-hybridized carbons (Fsp3) is 0.316. The van der Waals surface area contributed by atoms with Gasteiger partial charge in [0.05, 0.1) is 4.90 Å². The summed E-state index contributed by atoms with van der Waals surface area (Å²) in [4.78, 5) is 12.3. The van der Waals surface area contributed by atoms with Crippen molar-refractivity contribution in [3.63, 3.8) is 0 Å². The minimum atomic E-state index is -3.33. The van der Waals surface area contributed by atoms with E-state index in [9.17, 15) is 13.2 Å². The predicted molar refractivity (Wildman–Crippen MR) is 98.9 cm³/mol. The van der Waals surface area contributed by atoms with E-state index >= 15 is 0 Å². The van der Waals surface area contributed by atoms with Crippen molar-refractivity contribution in [2.24, 2.45) is 0 Å². The van der Waals surface area contributed by atoms with Crippen LogP contribution in [0.5, 0.6) is 5.75 Å². The van der Waals surface area contributed by atoms with E-state index in [2.05, 4.69) is 19.2 Å². The van der Waals surface area contributed by atoms with E-state index in [4.69, 9.17) is 4.74 Å². The second-order valence-electron chi connectivity index (χ2n) is 6.31. The summed E-state index contributed by atoms with van der Waals surface area (Å²) in [6.45, 7) is 5.86. The van der Waals surface area contributed by atoms with Crippen molar-refractivity contribution in [3.8, 4) is 5.75 Å². The van der Waals surface area contributed by atoms with E-state index in [0.717, 1.165) is 11.8 Å².